The second-order valence-corrected chi connectivity index (χ2v) is 6.72. The van der Waals surface area contributed by atoms with E-state index in [2.05, 4.69) is 0 Å². The predicted molar refractivity (Wildman–Crippen MR) is 99.6 cm³/mol. The number of carboxylic acids is 1. The molecule has 2 heterocycles. The number of ether oxygens (including phenoxy) is 1. The fraction of sp³-hybridized carbons (Fsp3) is 0.350. The smallest absolute Gasteiger partial charge is 0.338 e. The van der Waals surface area contributed by atoms with Crippen LogP contribution in [0.1, 0.15) is 63.9 Å². The van der Waals surface area contributed by atoms with Crippen LogP contribution in [0.2, 0.25) is 5.02 Å². The Kier molecular flexibility index (Phi) is 5.37. The van der Waals surface area contributed by atoms with Crippen LogP contribution in [0, 0.1) is 0 Å². The van der Waals surface area contributed by atoms with Gasteiger partial charge in [-0.2, -0.15) is 0 Å². The first-order valence-corrected chi connectivity index (χ1v) is 9.23. The Morgan fingerprint density at radius 1 is 1.26 bits per heavy atom. The number of fused-ring (bicyclic) bond motifs is 1. The largest absolute Gasteiger partial charge is 0.481 e. The molecule has 1 N–H and O–H groups in total. The Labute approximate surface area is 161 Å². The van der Waals surface area contributed by atoms with Crippen LogP contribution in [0.4, 0.5) is 0 Å². The molecule has 6 nitrogen and oxygen atoms in total. The van der Waals surface area contributed by atoms with Gasteiger partial charge in [-0.15, -0.1) is 0 Å². The first-order chi connectivity index (χ1) is 12.9. The molecule has 27 heavy (non-hydrogen) atoms. The highest BCUT2D eigenvalue weighted by atomic mass is 35.5. The van der Waals surface area contributed by atoms with Crippen molar-refractivity contribution in [3.8, 4) is 0 Å². The Morgan fingerprint density at radius 2 is 1.96 bits per heavy atom. The highest BCUT2D eigenvalue weighted by Gasteiger charge is 2.37. The van der Waals surface area contributed by atoms with E-state index in [-0.39, 0.29) is 12.4 Å². The van der Waals surface area contributed by atoms with Crippen molar-refractivity contribution in [2.75, 3.05) is 6.61 Å². The van der Waals surface area contributed by atoms with Crippen molar-refractivity contribution in [1.82, 2.24) is 4.57 Å². The average Bonchev–Trinajstić information content (AvgIpc) is 3.20. The normalized spacial score (nSPS) is 15.4. The summed E-state index contributed by atoms with van der Waals surface area (Å²) in [6, 6.07) is 6.34. The highest BCUT2D eigenvalue weighted by Crippen LogP contribution is 2.41. The molecule has 0 radical (unpaired) electrons. The fourth-order valence-corrected chi connectivity index (χ4v) is 4.05. The van der Waals surface area contributed by atoms with E-state index in [0.29, 0.717) is 52.5 Å². The standard InChI is InChI=1S/C20H20ClNO5/c1-3-13-15(21)16-14(19(24)25)8-9-22(16)17(13)18(23)11-6-5-7-12(10-11)20(26)27-4-2/h5-7,10,14H,3-4,8-9H2,1-2H3,(H,24,25). The van der Waals surface area contributed by atoms with Gasteiger partial charge in [0.2, 0.25) is 5.78 Å². The molecule has 1 unspecified atom stereocenters. The van der Waals surface area contributed by atoms with Crippen molar-refractivity contribution < 1.29 is 24.2 Å². The molecular weight excluding hydrogens is 370 g/mol. The number of aromatic nitrogens is 1. The van der Waals surface area contributed by atoms with Gasteiger partial charge in [0.15, 0.2) is 0 Å². The average molecular weight is 390 g/mol. The lowest BCUT2D eigenvalue weighted by atomic mass is 10.00. The molecular formula is C20H20ClNO5. The van der Waals surface area contributed by atoms with Crippen LogP contribution >= 0.6 is 11.6 Å². The summed E-state index contributed by atoms with van der Waals surface area (Å²) in [6.45, 7) is 4.25. The number of hydrogen-bond acceptors (Lipinski definition) is 4. The van der Waals surface area contributed by atoms with Crippen LogP contribution in [-0.2, 0) is 22.5 Å². The maximum atomic E-state index is 13.2. The molecule has 1 aromatic heterocycles. The number of nitrogens with zero attached hydrogens (tertiary/aromatic N) is 1. The Bertz CT molecular complexity index is 931. The molecule has 1 aromatic carbocycles. The molecule has 142 valence electrons. The molecule has 0 aliphatic carbocycles. The lowest BCUT2D eigenvalue weighted by molar-refractivity contribution is -0.138. The summed E-state index contributed by atoms with van der Waals surface area (Å²) in [6.07, 6.45) is 0.904. The van der Waals surface area contributed by atoms with E-state index in [1.54, 1.807) is 29.7 Å². The van der Waals surface area contributed by atoms with Crippen LogP contribution in [0.15, 0.2) is 24.3 Å². The van der Waals surface area contributed by atoms with Crippen molar-refractivity contribution in [2.24, 2.45) is 0 Å². The van der Waals surface area contributed by atoms with Gasteiger partial charge < -0.3 is 14.4 Å². The van der Waals surface area contributed by atoms with Crippen LogP contribution in [0.3, 0.4) is 0 Å². The number of carboxylic acid groups (broad SMARTS) is 1. The van der Waals surface area contributed by atoms with Crippen LogP contribution in [-0.4, -0.2) is 34.0 Å². The van der Waals surface area contributed by atoms with Gasteiger partial charge >= 0.3 is 11.9 Å². The van der Waals surface area contributed by atoms with Gasteiger partial charge in [0.25, 0.3) is 0 Å². The van der Waals surface area contributed by atoms with Crippen LogP contribution in [0.25, 0.3) is 0 Å². The van der Waals surface area contributed by atoms with E-state index in [1.165, 1.54) is 6.07 Å². The zero-order valence-corrected chi connectivity index (χ0v) is 15.9. The van der Waals surface area contributed by atoms with E-state index in [0.717, 1.165) is 0 Å². The fourth-order valence-electron chi connectivity index (χ4n) is 3.59. The number of aliphatic carboxylic acids is 1. The second-order valence-electron chi connectivity index (χ2n) is 6.34. The predicted octanol–water partition coefficient (Wildman–Crippen LogP) is 3.68. The van der Waals surface area contributed by atoms with E-state index in [1.807, 2.05) is 6.92 Å². The summed E-state index contributed by atoms with van der Waals surface area (Å²) in [4.78, 5) is 36.7. The third kappa shape index (κ3) is 3.25. The molecule has 0 saturated carbocycles. The molecule has 0 amide bonds. The maximum absolute atomic E-state index is 13.2. The minimum atomic E-state index is -0.945. The summed E-state index contributed by atoms with van der Waals surface area (Å²) >= 11 is 6.46. The summed E-state index contributed by atoms with van der Waals surface area (Å²) in [5, 5.41) is 9.81. The lowest BCUT2D eigenvalue weighted by Gasteiger charge is -2.09. The molecule has 0 saturated heterocycles. The molecule has 2 aromatic rings. The Balaban J connectivity index is 2.08. The van der Waals surface area contributed by atoms with Crippen molar-refractivity contribution in [3.63, 3.8) is 0 Å². The molecule has 3 rings (SSSR count). The SMILES string of the molecule is CCOC(=O)c1cccc(C(=O)c2c(CC)c(Cl)c3n2CCC3C(=O)O)c1. The quantitative estimate of drug-likeness (QED) is 0.601. The zero-order chi connectivity index (χ0) is 19.7. The van der Waals surface area contributed by atoms with Crippen molar-refractivity contribution in [2.45, 2.75) is 39.2 Å². The Hall–Kier alpha value is -2.60. The van der Waals surface area contributed by atoms with E-state index in [4.69, 9.17) is 16.3 Å². The van der Waals surface area contributed by atoms with Crippen molar-refractivity contribution in [1.29, 1.82) is 0 Å². The molecule has 7 heteroatoms. The zero-order valence-electron chi connectivity index (χ0n) is 15.1. The van der Waals surface area contributed by atoms with E-state index in [9.17, 15) is 19.5 Å². The molecule has 0 spiro atoms. The van der Waals surface area contributed by atoms with Crippen LogP contribution in [0.5, 0.6) is 0 Å². The number of benzene rings is 1. The summed E-state index contributed by atoms with van der Waals surface area (Å²) < 4.78 is 6.71. The van der Waals surface area contributed by atoms with E-state index < -0.39 is 17.9 Å². The summed E-state index contributed by atoms with van der Waals surface area (Å²) in [7, 11) is 0. The lowest BCUT2D eigenvalue weighted by Crippen LogP contribution is -2.13. The van der Waals surface area contributed by atoms with Gasteiger partial charge in [-0.05, 0) is 37.5 Å². The van der Waals surface area contributed by atoms with Gasteiger partial charge in [0.05, 0.1) is 28.6 Å². The molecule has 1 atom stereocenters. The first kappa shape index (κ1) is 19.2. The number of ketones is 1. The number of carbonyl (C=O) groups excluding carboxylic acids is 2. The van der Waals surface area contributed by atoms with Gasteiger partial charge in [-0.25, -0.2) is 4.79 Å². The summed E-state index contributed by atoms with van der Waals surface area (Å²) in [5.41, 5.74) is 2.17. The van der Waals surface area contributed by atoms with Gasteiger partial charge in [0.1, 0.15) is 5.92 Å². The number of rotatable bonds is 6. The maximum Gasteiger partial charge on any atom is 0.338 e. The number of esters is 1. The first-order valence-electron chi connectivity index (χ1n) is 8.86. The van der Waals surface area contributed by atoms with Gasteiger partial charge in [-0.3, -0.25) is 9.59 Å². The molecule has 1 aliphatic rings. The molecule has 1 aliphatic heterocycles. The van der Waals surface area contributed by atoms with Crippen LogP contribution < -0.4 is 0 Å². The van der Waals surface area contributed by atoms with Crippen molar-refractivity contribution in [3.05, 3.63) is 57.4 Å². The second kappa shape index (κ2) is 7.56. The minimum Gasteiger partial charge on any atom is -0.481 e. The summed E-state index contributed by atoms with van der Waals surface area (Å²) in [5.74, 6) is -2.43. The van der Waals surface area contributed by atoms with Gasteiger partial charge in [0, 0.05) is 12.1 Å². The third-order valence-corrected chi connectivity index (χ3v) is 5.23. The van der Waals surface area contributed by atoms with E-state index >= 15 is 0 Å². The molecule has 0 fully saturated rings. The van der Waals surface area contributed by atoms with Gasteiger partial charge in [-0.1, -0.05) is 30.7 Å². The molecule has 0 bridgehead atoms. The Morgan fingerprint density at radius 3 is 2.59 bits per heavy atom. The monoisotopic (exact) mass is 389 g/mol. The topological polar surface area (TPSA) is 85.6 Å². The number of hydrogen-bond donors (Lipinski definition) is 1. The minimum absolute atomic E-state index is 0.245. The highest BCUT2D eigenvalue weighted by molar-refractivity contribution is 6.33. The van der Waals surface area contributed by atoms with Crippen molar-refractivity contribution >= 4 is 29.3 Å². The number of halogens is 1. The third-order valence-electron chi connectivity index (χ3n) is 4.81. The number of carbonyl (C=O) groups is 3.